The van der Waals surface area contributed by atoms with Crippen LogP contribution in [0.25, 0.3) is 0 Å². The lowest BCUT2D eigenvalue weighted by molar-refractivity contribution is -0.319. The molecule has 3 aromatic rings. The van der Waals surface area contributed by atoms with Gasteiger partial charge in [-0.25, -0.2) is 0 Å². The van der Waals surface area contributed by atoms with E-state index in [1.807, 2.05) is 97.9 Å². The molecule has 1 aliphatic heterocycles. The van der Waals surface area contributed by atoms with E-state index in [9.17, 15) is 0 Å². The van der Waals surface area contributed by atoms with Crippen molar-refractivity contribution >= 4 is 34.8 Å². The second kappa shape index (κ2) is 13.9. The molecule has 0 radical (unpaired) electrons. The van der Waals surface area contributed by atoms with Gasteiger partial charge in [-0.3, -0.25) is 0 Å². The number of ether oxygens (including phenoxy) is 5. The molecule has 1 aliphatic rings. The van der Waals surface area contributed by atoms with Crippen LogP contribution in [-0.2, 0) is 43.5 Å². The van der Waals surface area contributed by atoms with E-state index < -0.39 is 28.4 Å². The minimum Gasteiger partial charge on any atom is -0.368 e. The van der Waals surface area contributed by atoms with Gasteiger partial charge in [0.1, 0.15) is 18.3 Å². The Hall–Kier alpha value is -1.67. The Kier molecular flexibility index (Phi) is 10.7. The molecule has 198 valence electrons. The van der Waals surface area contributed by atoms with Crippen LogP contribution in [0.1, 0.15) is 23.6 Å². The molecule has 5 nitrogen and oxygen atoms in total. The zero-order valence-electron chi connectivity index (χ0n) is 20.6. The standard InChI is InChI=1S/C29H31Cl3O5/c1-21-25(33-17-22-11-5-2-6-12-22)26(34-18-23-13-7-3-8-14-23)27(28(37-21)36-20-29(30,31)32)35-19-24-15-9-4-10-16-24/h2-16,21,25-28H,17-20H2,1H3/t21-,25+,26+,27-,28-/m1/s1. The van der Waals surface area contributed by atoms with Gasteiger partial charge in [0.25, 0.3) is 0 Å². The van der Waals surface area contributed by atoms with Crippen molar-refractivity contribution in [3.63, 3.8) is 0 Å². The summed E-state index contributed by atoms with van der Waals surface area (Å²) in [4.78, 5) is 0. The second-order valence-electron chi connectivity index (χ2n) is 8.92. The van der Waals surface area contributed by atoms with Crippen molar-refractivity contribution in [2.45, 2.75) is 61.2 Å². The number of hydrogen-bond donors (Lipinski definition) is 0. The molecular weight excluding hydrogens is 535 g/mol. The minimum atomic E-state index is -1.60. The van der Waals surface area contributed by atoms with E-state index in [1.54, 1.807) is 0 Å². The third-order valence-electron chi connectivity index (χ3n) is 5.99. The van der Waals surface area contributed by atoms with Crippen molar-refractivity contribution in [3.05, 3.63) is 108 Å². The third kappa shape index (κ3) is 8.95. The van der Waals surface area contributed by atoms with Crippen molar-refractivity contribution in [1.29, 1.82) is 0 Å². The predicted molar refractivity (Wildman–Crippen MR) is 146 cm³/mol. The zero-order valence-corrected chi connectivity index (χ0v) is 22.8. The van der Waals surface area contributed by atoms with Gasteiger partial charge < -0.3 is 23.7 Å². The summed E-state index contributed by atoms with van der Waals surface area (Å²) in [5.74, 6) is 0. The van der Waals surface area contributed by atoms with E-state index in [1.165, 1.54) is 0 Å². The van der Waals surface area contributed by atoms with Crippen LogP contribution in [0.2, 0.25) is 0 Å². The monoisotopic (exact) mass is 564 g/mol. The first-order valence-corrected chi connectivity index (χ1v) is 13.3. The third-order valence-corrected chi connectivity index (χ3v) is 6.32. The maximum Gasteiger partial charge on any atom is 0.213 e. The largest absolute Gasteiger partial charge is 0.368 e. The predicted octanol–water partition coefficient (Wildman–Crippen LogP) is 6.87. The maximum atomic E-state index is 6.49. The highest BCUT2D eigenvalue weighted by molar-refractivity contribution is 6.67. The van der Waals surface area contributed by atoms with E-state index in [0.717, 1.165) is 16.7 Å². The summed E-state index contributed by atoms with van der Waals surface area (Å²) in [7, 11) is 0. The molecule has 4 rings (SSSR count). The first-order valence-electron chi connectivity index (χ1n) is 12.2. The van der Waals surface area contributed by atoms with Crippen LogP contribution in [0.15, 0.2) is 91.0 Å². The van der Waals surface area contributed by atoms with E-state index in [-0.39, 0.29) is 12.7 Å². The molecule has 1 saturated heterocycles. The average molecular weight is 566 g/mol. The van der Waals surface area contributed by atoms with Crippen LogP contribution in [0.4, 0.5) is 0 Å². The Bertz CT molecular complexity index is 1050. The van der Waals surface area contributed by atoms with Gasteiger partial charge in [-0.1, -0.05) is 126 Å². The van der Waals surface area contributed by atoms with Crippen LogP contribution in [0.3, 0.4) is 0 Å². The minimum absolute atomic E-state index is 0.165. The Morgan fingerprint density at radius 1 is 0.595 bits per heavy atom. The number of rotatable bonds is 11. The normalized spacial score (nSPS) is 24.2. The molecule has 0 aromatic heterocycles. The molecule has 0 amide bonds. The summed E-state index contributed by atoms with van der Waals surface area (Å²) in [5.41, 5.74) is 3.08. The van der Waals surface area contributed by atoms with Crippen LogP contribution >= 0.6 is 34.8 Å². The highest BCUT2D eigenvalue weighted by atomic mass is 35.6. The van der Waals surface area contributed by atoms with Crippen LogP contribution in [-0.4, -0.2) is 41.1 Å². The lowest BCUT2D eigenvalue weighted by Gasteiger charge is -2.45. The fourth-order valence-corrected chi connectivity index (χ4v) is 4.37. The van der Waals surface area contributed by atoms with Gasteiger partial charge in [0.15, 0.2) is 6.29 Å². The van der Waals surface area contributed by atoms with Gasteiger partial charge in [-0.15, -0.1) is 0 Å². The number of hydrogen-bond acceptors (Lipinski definition) is 5. The Labute approximate surface area is 233 Å². The molecule has 0 spiro atoms. The summed E-state index contributed by atoms with van der Waals surface area (Å²) in [6, 6.07) is 29.8. The van der Waals surface area contributed by atoms with Gasteiger partial charge in [0.05, 0.1) is 32.5 Å². The molecular formula is C29H31Cl3O5. The summed E-state index contributed by atoms with van der Waals surface area (Å²) in [5, 5.41) is 0. The van der Waals surface area contributed by atoms with Crippen molar-refractivity contribution in [3.8, 4) is 0 Å². The van der Waals surface area contributed by atoms with Crippen molar-refractivity contribution < 1.29 is 23.7 Å². The first kappa shape index (κ1) is 28.3. The van der Waals surface area contributed by atoms with Crippen LogP contribution < -0.4 is 0 Å². The molecule has 1 heterocycles. The molecule has 0 N–H and O–H groups in total. The van der Waals surface area contributed by atoms with Gasteiger partial charge >= 0.3 is 0 Å². The summed E-state index contributed by atoms with van der Waals surface area (Å²) in [6.07, 6.45) is -2.80. The molecule has 3 aromatic carbocycles. The molecule has 0 saturated carbocycles. The average Bonchev–Trinajstić information content (AvgIpc) is 2.90. The number of benzene rings is 3. The zero-order chi connectivity index (χ0) is 26.1. The highest BCUT2D eigenvalue weighted by Crippen LogP contribution is 2.33. The van der Waals surface area contributed by atoms with Gasteiger partial charge in [0, 0.05) is 0 Å². The smallest absolute Gasteiger partial charge is 0.213 e. The quantitative estimate of drug-likeness (QED) is 0.237. The number of halogens is 3. The molecule has 5 atom stereocenters. The molecule has 1 fully saturated rings. The molecule has 0 aliphatic carbocycles. The van der Waals surface area contributed by atoms with E-state index in [2.05, 4.69) is 0 Å². The SMILES string of the molecule is C[C@H]1O[C@@H](OCC(Cl)(Cl)Cl)[C@H](OCc2ccccc2)[C@@H](OCc2ccccc2)[C@H]1OCc1ccccc1. The molecule has 37 heavy (non-hydrogen) atoms. The van der Waals surface area contributed by atoms with Gasteiger partial charge in [-0.2, -0.15) is 0 Å². The van der Waals surface area contributed by atoms with Crippen LogP contribution in [0, 0.1) is 0 Å². The lowest BCUT2D eigenvalue weighted by Crippen LogP contribution is -2.60. The van der Waals surface area contributed by atoms with Gasteiger partial charge in [-0.05, 0) is 23.6 Å². The van der Waals surface area contributed by atoms with Gasteiger partial charge in [0.2, 0.25) is 3.79 Å². The molecule has 0 bridgehead atoms. The Morgan fingerprint density at radius 3 is 1.43 bits per heavy atom. The fraction of sp³-hybridized carbons (Fsp3) is 0.379. The highest BCUT2D eigenvalue weighted by Gasteiger charge is 2.48. The van der Waals surface area contributed by atoms with E-state index in [4.69, 9.17) is 58.5 Å². The van der Waals surface area contributed by atoms with Crippen molar-refractivity contribution in [2.75, 3.05) is 6.61 Å². The Morgan fingerprint density at radius 2 is 1.00 bits per heavy atom. The molecule has 8 heteroatoms. The first-order chi connectivity index (χ1) is 17.9. The molecule has 0 unspecified atom stereocenters. The second-order valence-corrected chi connectivity index (χ2v) is 11.4. The van der Waals surface area contributed by atoms with Crippen molar-refractivity contribution in [2.24, 2.45) is 0 Å². The van der Waals surface area contributed by atoms with E-state index >= 15 is 0 Å². The fourth-order valence-electron chi connectivity index (χ4n) is 4.18. The summed E-state index contributed by atoms with van der Waals surface area (Å²) >= 11 is 18.0. The summed E-state index contributed by atoms with van der Waals surface area (Å²) < 4.78 is 29.9. The Balaban J connectivity index is 1.57. The topological polar surface area (TPSA) is 46.2 Å². The van der Waals surface area contributed by atoms with E-state index in [0.29, 0.717) is 19.8 Å². The summed E-state index contributed by atoms with van der Waals surface area (Å²) in [6.45, 7) is 2.85. The van der Waals surface area contributed by atoms with Crippen LogP contribution in [0.5, 0.6) is 0 Å². The lowest BCUT2D eigenvalue weighted by atomic mass is 9.98. The van der Waals surface area contributed by atoms with Crippen molar-refractivity contribution in [1.82, 2.24) is 0 Å². The number of alkyl halides is 3. The maximum absolute atomic E-state index is 6.49.